The number of benzene rings is 1. The maximum Gasteiger partial charge on any atom is 0.134 e. The summed E-state index contributed by atoms with van der Waals surface area (Å²) < 4.78 is 0. The second kappa shape index (κ2) is 6.15. The Morgan fingerprint density at radius 1 is 1.18 bits per heavy atom. The topological polar surface area (TPSA) is 28.2 Å². The van der Waals surface area contributed by atoms with Gasteiger partial charge in [0, 0.05) is 43.2 Å². The molecule has 1 saturated carbocycles. The highest BCUT2D eigenvalue weighted by Gasteiger charge is 2.35. The summed E-state index contributed by atoms with van der Waals surface area (Å²) in [4.78, 5) is 7.26. The molecule has 2 heterocycles. The minimum absolute atomic E-state index is 0.431. The van der Waals surface area contributed by atoms with E-state index in [1.54, 1.807) is 0 Å². The Hall–Kier alpha value is -1.16. The molecule has 1 aromatic carbocycles. The van der Waals surface area contributed by atoms with Crippen molar-refractivity contribution in [2.45, 2.75) is 25.3 Å². The first kappa shape index (κ1) is 14.4. The van der Waals surface area contributed by atoms with Gasteiger partial charge in [0.1, 0.15) is 5.15 Å². The minimum Gasteiger partial charge on any atom is -0.314 e. The highest BCUT2D eigenvalue weighted by molar-refractivity contribution is 6.30. The number of halogens is 1. The number of rotatable bonds is 3. The number of nitrogens with one attached hydrogen (secondary N) is 1. The van der Waals surface area contributed by atoms with Gasteiger partial charge >= 0.3 is 0 Å². The first-order valence-corrected chi connectivity index (χ1v) is 8.71. The van der Waals surface area contributed by atoms with E-state index < -0.39 is 0 Å². The van der Waals surface area contributed by atoms with E-state index in [0.29, 0.717) is 11.2 Å². The van der Waals surface area contributed by atoms with Crippen LogP contribution < -0.4 is 5.32 Å². The van der Waals surface area contributed by atoms with Crippen molar-refractivity contribution in [3.8, 4) is 0 Å². The largest absolute Gasteiger partial charge is 0.314 e. The molecule has 0 bridgehead atoms. The van der Waals surface area contributed by atoms with Gasteiger partial charge in [-0.25, -0.2) is 4.98 Å². The van der Waals surface area contributed by atoms with E-state index in [1.165, 1.54) is 30.2 Å². The van der Waals surface area contributed by atoms with Gasteiger partial charge in [-0.15, -0.1) is 0 Å². The first-order chi connectivity index (χ1) is 10.8. The van der Waals surface area contributed by atoms with Crippen molar-refractivity contribution in [1.29, 1.82) is 0 Å². The molecule has 1 saturated heterocycles. The molecule has 0 amide bonds. The smallest absolute Gasteiger partial charge is 0.134 e. The van der Waals surface area contributed by atoms with E-state index in [4.69, 9.17) is 11.6 Å². The van der Waals surface area contributed by atoms with E-state index in [-0.39, 0.29) is 0 Å². The average Bonchev–Trinajstić information content (AvgIpc) is 2.51. The molecule has 2 aromatic rings. The summed E-state index contributed by atoms with van der Waals surface area (Å²) in [5.74, 6) is 0.735. The zero-order valence-electron chi connectivity index (χ0n) is 12.8. The molecule has 1 atom stereocenters. The standard InChI is InChI=1S/C18H22ClN3/c19-18-15(12-14-4-1-2-7-16(14)21-18)17(13-5-3-6-13)22-10-8-20-9-11-22/h1-2,4,7,12-13,17,20H,3,5-6,8-11H2/t17-/m0/s1. The summed E-state index contributed by atoms with van der Waals surface area (Å²) in [6, 6.07) is 11.0. The lowest BCUT2D eigenvalue weighted by Gasteiger charge is -2.43. The quantitative estimate of drug-likeness (QED) is 0.877. The predicted molar refractivity (Wildman–Crippen MR) is 91.3 cm³/mol. The van der Waals surface area contributed by atoms with Gasteiger partial charge in [-0.3, -0.25) is 4.90 Å². The lowest BCUT2D eigenvalue weighted by molar-refractivity contribution is 0.0836. The predicted octanol–water partition coefficient (Wildman–Crippen LogP) is 3.63. The van der Waals surface area contributed by atoms with Gasteiger partial charge in [0.15, 0.2) is 0 Å². The number of hydrogen-bond acceptors (Lipinski definition) is 3. The Labute approximate surface area is 136 Å². The fourth-order valence-corrected chi connectivity index (χ4v) is 4.04. The van der Waals surface area contributed by atoms with E-state index >= 15 is 0 Å². The molecule has 1 aromatic heterocycles. The zero-order chi connectivity index (χ0) is 14.9. The SMILES string of the molecule is Clc1nc2ccccc2cc1[C@H](C1CCC1)N1CCNCC1. The Morgan fingerprint density at radius 2 is 1.95 bits per heavy atom. The average molecular weight is 316 g/mol. The molecule has 0 spiro atoms. The molecule has 22 heavy (non-hydrogen) atoms. The van der Waals surface area contributed by atoms with Gasteiger partial charge in [-0.2, -0.15) is 0 Å². The summed E-state index contributed by atoms with van der Waals surface area (Å²) in [6.45, 7) is 4.35. The van der Waals surface area contributed by atoms with Crippen LogP contribution in [-0.4, -0.2) is 36.1 Å². The Kier molecular flexibility index (Phi) is 4.03. The van der Waals surface area contributed by atoms with E-state index in [0.717, 1.165) is 37.6 Å². The van der Waals surface area contributed by atoms with Crippen LogP contribution in [0.15, 0.2) is 30.3 Å². The van der Waals surface area contributed by atoms with Crippen LogP contribution in [-0.2, 0) is 0 Å². The number of fused-ring (bicyclic) bond motifs is 1. The third kappa shape index (κ3) is 2.62. The van der Waals surface area contributed by atoms with Crippen LogP contribution in [0.5, 0.6) is 0 Å². The number of para-hydroxylation sites is 1. The van der Waals surface area contributed by atoms with Crippen molar-refractivity contribution in [3.05, 3.63) is 41.0 Å². The summed E-state index contributed by atoms with van der Waals surface area (Å²) in [7, 11) is 0. The van der Waals surface area contributed by atoms with Crippen molar-refractivity contribution >= 4 is 22.5 Å². The van der Waals surface area contributed by atoms with Gasteiger partial charge in [0.05, 0.1) is 5.52 Å². The van der Waals surface area contributed by atoms with Crippen LogP contribution >= 0.6 is 11.6 Å². The molecule has 0 radical (unpaired) electrons. The normalized spacial score (nSPS) is 21.7. The first-order valence-electron chi connectivity index (χ1n) is 8.33. The monoisotopic (exact) mass is 315 g/mol. The highest BCUT2D eigenvalue weighted by Crippen LogP contribution is 2.43. The number of piperazine rings is 1. The summed E-state index contributed by atoms with van der Waals surface area (Å²) >= 11 is 6.59. The summed E-state index contributed by atoms with van der Waals surface area (Å²) in [5, 5.41) is 5.33. The number of aromatic nitrogens is 1. The third-order valence-corrected chi connectivity index (χ3v) is 5.47. The lowest BCUT2D eigenvalue weighted by Crippen LogP contribution is -2.48. The van der Waals surface area contributed by atoms with Crippen molar-refractivity contribution in [2.24, 2.45) is 5.92 Å². The van der Waals surface area contributed by atoms with Gasteiger partial charge in [-0.05, 0) is 30.9 Å². The van der Waals surface area contributed by atoms with Gasteiger partial charge in [-0.1, -0.05) is 36.2 Å². The second-order valence-corrected chi connectivity index (χ2v) is 6.84. The third-order valence-electron chi connectivity index (χ3n) is 5.16. The number of nitrogens with zero attached hydrogens (tertiary/aromatic N) is 2. The fourth-order valence-electron chi connectivity index (χ4n) is 3.78. The maximum absolute atomic E-state index is 6.59. The fraction of sp³-hybridized carbons (Fsp3) is 0.500. The highest BCUT2D eigenvalue weighted by atomic mass is 35.5. The summed E-state index contributed by atoms with van der Waals surface area (Å²) in [5.41, 5.74) is 2.22. The molecule has 4 heteroatoms. The van der Waals surface area contributed by atoms with Crippen molar-refractivity contribution in [3.63, 3.8) is 0 Å². The van der Waals surface area contributed by atoms with Gasteiger partial charge in [0.2, 0.25) is 0 Å². The second-order valence-electron chi connectivity index (χ2n) is 6.48. The molecule has 2 aliphatic rings. The van der Waals surface area contributed by atoms with Crippen LogP contribution in [0.2, 0.25) is 5.15 Å². The van der Waals surface area contributed by atoms with Crippen LogP contribution in [0.3, 0.4) is 0 Å². The van der Waals surface area contributed by atoms with Crippen LogP contribution in [0.4, 0.5) is 0 Å². The molecular formula is C18H22ClN3. The zero-order valence-corrected chi connectivity index (χ0v) is 13.5. The van der Waals surface area contributed by atoms with Crippen LogP contribution in [0.25, 0.3) is 10.9 Å². The Morgan fingerprint density at radius 3 is 2.68 bits per heavy atom. The molecule has 2 fully saturated rings. The van der Waals surface area contributed by atoms with Crippen molar-refractivity contribution in [2.75, 3.05) is 26.2 Å². The van der Waals surface area contributed by atoms with Crippen LogP contribution in [0.1, 0.15) is 30.9 Å². The molecule has 1 N–H and O–H groups in total. The van der Waals surface area contributed by atoms with Gasteiger partial charge in [0.25, 0.3) is 0 Å². The molecule has 0 unspecified atom stereocenters. The molecule has 1 aliphatic carbocycles. The Bertz CT molecular complexity index is 662. The lowest BCUT2D eigenvalue weighted by atomic mass is 9.76. The van der Waals surface area contributed by atoms with Crippen molar-refractivity contribution < 1.29 is 0 Å². The molecular weight excluding hydrogens is 294 g/mol. The number of hydrogen-bond donors (Lipinski definition) is 1. The van der Waals surface area contributed by atoms with Crippen molar-refractivity contribution in [1.82, 2.24) is 15.2 Å². The minimum atomic E-state index is 0.431. The van der Waals surface area contributed by atoms with E-state index in [2.05, 4.69) is 33.4 Å². The maximum atomic E-state index is 6.59. The number of pyridine rings is 1. The Balaban J connectivity index is 1.75. The van der Waals surface area contributed by atoms with E-state index in [9.17, 15) is 0 Å². The van der Waals surface area contributed by atoms with E-state index in [1.807, 2.05) is 12.1 Å². The van der Waals surface area contributed by atoms with Gasteiger partial charge < -0.3 is 5.32 Å². The molecule has 1 aliphatic heterocycles. The molecule has 116 valence electrons. The molecule has 4 rings (SSSR count). The molecule has 3 nitrogen and oxygen atoms in total. The van der Waals surface area contributed by atoms with Crippen LogP contribution in [0, 0.1) is 5.92 Å². The summed E-state index contributed by atoms with van der Waals surface area (Å²) in [6.07, 6.45) is 3.99.